The molecular weight excluding hydrogens is 615 g/mol. The molecule has 6 atom stereocenters. The molecule has 0 saturated heterocycles. The van der Waals surface area contributed by atoms with Crippen LogP contribution in [0.3, 0.4) is 0 Å². The van der Waals surface area contributed by atoms with Crippen LogP contribution in [0.2, 0.25) is 36.3 Å². The number of fused-ring (bicyclic) bond motifs is 1. The summed E-state index contributed by atoms with van der Waals surface area (Å²) in [5.41, 5.74) is 4.65. The Balaban J connectivity index is 1.53. The van der Waals surface area contributed by atoms with Crippen molar-refractivity contribution in [2.45, 2.75) is 160 Å². The second-order valence-corrected chi connectivity index (χ2v) is 28.8. The fourth-order valence-corrected chi connectivity index (χ4v) is 11.7. The fourth-order valence-electron chi connectivity index (χ4n) is 7.98. The molecule has 0 radical (unpaired) electrons. The molecule has 0 aromatic carbocycles. The van der Waals surface area contributed by atoms with Gasteiger partial charge < -0.3 is 8.85 Å². The first kappa shape index (κ1) is 37.9. The van der Waals surface area contributed by atoms with Crippen molar-refractivity contribution in [3.63, 3.8) is 0 Å². The number of nitrogens with zero attached hydrogens (tertiary/aromatic N) is 1. The predicted molar refractivity (Wildman–Crippen MR) is 206 cm³/mol. The fraction of sp³-hybridized carbons (Fsp3) is 0.725. The summed E-state index contributed by atoms with van der Waals surface area (Å²) >= 11 is 1.99. The van der Waals surface area contributed by atoms with Crippen molar-refractivity contribution < 1.29 is 8.85 Å². The van der Waals surface area contributed by atoms with Gasteiger partial charge in [-0.2, -0.15) is 0 Å². The SMILES string of the molecule is C=C1C(=CC=C2CCC[C@]3(C)C([C@H](C)CCSc4ccncc4)CC[C@@H]23)CC(O[Si](C)(C)C(C)(C)C)CC1O[Si](C)(C)C(C)(C)C. The lowest BCUT2D eigenvalue weighted by Crippen LogP contribution is -2.49. The van der Waals surface area contributed by atoms with Crippen molar-refractivity contribution in [2.24, 2.45) is 23.2 Å². The summed E-state index contributed by atoms with van der Waals surface area (Å²) < 4.78 is 14.2. The molecule has 3 aliphatic carbocycles. The van der Waals surface area contributed by atoms with Crippen molar-refractivity contribution in [1.82, 2.24) is 4.98 Å². The van der Waals surface area contributed by atoms with E-state index >= 15 is 0 Å². The van der Waals surface area contributed by atoms with Gasteiger partial charge in [0.2, 0.25) is 0 Å². The average Bonchev–Trinajstić information content (AvgIpc) is 3.30. The van der Waals surface area contributed by atoms with Gasteiger partial charge in [0, 0.05) is 23.7 Å². The molecule has 0 spiro atoms. The number of rotatable bonds is 10. The molecule has 1 heterocycles. The van der Waals surface area contributed by atoms with Crippen LogP contribution < -0.4 is 0 Å². The Kier molecular flexibility index (Phi) is 11.9. The first-order valence-electron chi connectivity index (χ1n) is 18.2. The lowest BCUT2D eigenvalue weighted by atomic mass is 9.61. The van der Waals surface area contributed by atoms with E-state index in [1.54, 1.807) is 5.57 Å². The molecule has 3 saturated carbocycles. The van der Waals surface area contributed by atoms with Crippen molar-refractivity contribution >= 4 is 28.4 Å². The molecule has 3 nitrogen and oxygen atoms in total. The maximum atomic E-state index is 7.10. The molecule has 46 heavy (non-hydrogen) atoms. The van der Waals surface area contributed by atoms with Crippen LogP contribution in [0.15, 0.2) is 64.9 Å². The molecule has 0 N–H and O–H groups in total. The monoisotopic (exact) mass is 681 g/mol. The number of hydrogen-bond acceptors (Lipinski definition) is 4. The maximum absolute atomic E-state index is 7.10. The van der Waals surface area contributed by atoms with Gasteiger partial charge in [0.05, 0.1) is 12.2 Å². The highest BCUT2D eigenvalue weighted by Crippen LogP contribution is 2.60. The Bertz CT molecular complexity index is 1260. The Hall–Kier alpha value is -0.926. The first-order valence-corrected chi connectivity index (χ1v) is 25.0. The van der Waals surface area contributed by atoms with Crippen LogP contribution in [0.1, 0.15) is 107 Å². The molecule has 3 fully saturated rings. The Morgan fingerprint density at radius 3 is 2.26 bits per heavy atom. The molecule has 1 aromatic heterocycles. The van der Waals surface area contributed by atoms with Gasteiger partial charge in [0.25, 0.3) is 0 Å². The molecule has 3 unspecified atom stereocenters. The molecule has 258 valence electrons. The Morgan fingerprint density at radius 1 is 1.00 bits per heavy atom. The van der Waals surface area contributed by atoms with Crippen LogP contribution in [0.25, 0.3) is 0 Å². The summed E-state index contributed by atoms with van der Waals surface area (Å²) in [7, 11) is -3.89. The zero-order chi connectivity index (χ0) is 34.1. The van der Waals surface area contributed by atoms with Crippen LogP contribution in [0.5, 0.6) is 0 Å². The minimum Gasteiger partial charge on any atom is -0.413 e. The average molecular weight is 682 g/mol. The van der Waals surface area contributed by atoms with Crippen molar-refractivity contribution in [3.8, 4) is 0 Å². The summed E-state index contributed by atoms with van der Waals surface area (Å²) in [6, 6.07) is 4.28. The molecular formula is C40H67NO2SSi2. The van der Waals surface area contributed by atoms with E-state index in [-0.39, 0.29) is 22.3 Å². The lowest BCUT2D eigenvalue weighted by molar-refractivity contribution is 0.0958. The first-order chi connectivity index (χ1) is 21.2. The van der Waals surface area contributed by atoms with E-state index in [0.717, 1.165) is 24.7 Å². The maximum Gasteiger partial charge on any atom is 0.192 e. The van der Waals surface area contributed by atoms with Gasteiger partial charge in [-0.05, 0) is 133 Å². The third kappa shape index (κ3) is 8.62. The molecule has 4 rings (SSSR count). The number of hydrogen-bond donors (Lipinski definition) is 0. The highest BCUT2D eigenvalue weighted by molar-refractivity contribution is 7.99. The van der Waals surface area contributed by atoms with Gasteiger partial charge in [0.15, 0.2) is 16.6 Å². The second kappa shape index (κ2) is 14.5. The summed E-state index contributed by atoms with van der Waals surface area (Å²) in [5, 5.41) is 0.344. The second-order valence-electron chi connectivity index (χ2n) is 18.2. The van der Waals surface area contributed by atoms with E-state index in [2.05, 4.69) is 111 Å². The van der Waals surface area contributed by atoms with Crippen LogP contribution in [0, 0.1) is 23.2 Å². The normalized spacial score (nSPS) is 30.6. The highest BCUT2D eigenvalue weighted by Gasteiger charge is 2.50. The topological polar surface area (TPSA) is 31.4 Å². The van der Waals surface area contributed by atoms with Crippen molar-refractivity contribution in [1.29, 1.82) is 0 Å². The van der Waals surface area contributed by atoms with Crippen molar-refractivity contribution in [3.05, 3.63) is 60.0 Å². The minimum absolute atomic E-state index is 0.0346. The third-order valence-electron chi connectivity index (χ3n) is 13.0. The Labute approximate surface area is 290 Å². The standard InChI is InChI=1S/C40H67NO2SSi2/c1-29(22-26-44-34-20-24-41-25-21-34)35-18-19-36-31(15-14-23-40(35,36)9)16-17-32-27-33(42-45(10,11)38(3,4)5)28-37(30(32)2)43-46(12,13)39(6,7)8/h16-17,20-21,24-25,29,33,35-37H,2,14-15,18-19,22-23,26-28H2,1,3-13H3/t29-,33?,35?,36+,37?,40-/m1/s1. The van der Waals surface area contributed by atoms with Crippen LogP contribution >= 0.6 is 11.8 Å². The van der Waals surface area contributed by atoms with Crippen LogP contribution in [0.4, 0.5) is 0 Å². The molecule has 0 aliphatic heterocycles. The van der Waals surface area contributed by atoms with E-state index in [1.165, 1.54) is 60.3 Å². The zero-order valence-corrected chi connectivity index (χ0v) is 34.4. The number of thioether (sulfide) groups is 1. The largest absolute Gasteiger partial charge is 0.413 e. The summed E-state index contributed by atoms with van der Waals surface area (Å²) in [4.78, 5) is 5.52. The number of aromatic nitrogens is 1. The van der Waals surface area contributed by atoms with E-state index in [0.29, 0.717) is 11.3 Å². The highest BCUT2D eigenvalue weighted by atomic mass is 32.2. The van der Waals surface area contributed by atoms with E-state index in [9.17, 15) is 0 Å². The molecule has 1 aromatic rings. The van der Waals surface area contributed by atoms with Gasteiger partial charge >= 0.3 is 0 Å². The Morgan fingerprint density at radius 2 is 1.63 bits per heavy atom. The van der Waals surface area contributed by atoms with Crippen LogP contribution in [-0.4, -0.2) is 39.6 Å². The molecule has 0 amide bonds. The van der Waals surface area contributed by atoms with E-state index in [1.807, 2.05) is 24.2 Å². The summed E-state index contributed by atoms with van der Waals surface area (Å²) in [6.45, 7) is 33.5. The summed E-state index contributed by atoms with van der Waals surface area (Å²) in [5.74, 6) is 3.45. The van der Waals surface area contributed by atoms with Gasteiger partial charge in [0.1, 0.15) is 0 Å². The lowest BCUT2D eigenvalue weighted by Gasteiger charge is -2.46. The van der Waals surface area contributed by atoms with E-state index < -0.39 is 16.6 Å². The minimum atomic E-state index is -1.97. The summed E-state index contributed by atoms with van der Waals surface area (Å²) in [6.07, 6.45) is 18.8. The molecule has 3 aliphatic rings. The van der Waals surface area contributed by atoms with Crippen LogP contribution in [-0.2, 0) is 8.85 Å². The van der Waals surface area contributed by atoms with Crippen molar-refractivity contribution in [2.75, 3.05) is 5.75 Å². The third-order valence-corrected chi connectivity index (χ3v) is 23.0. The smallest absolute Gasteiger partial charge is 0.192 e. The van der Waals surface area contributed by atoms with Gasteiger partial charge in [-0.15, -0.1) is 11.8 Å². The van der Waals surface area contributed by atoms with E-state index in [4.69, 9.17) is 15.4 Å². The zero-order valence-electron chi connectivity index (χ0n) is 31.6. The predicted octanol–water partition coefficient (Wildman–Crippen LogP) is 12.4. The van der Waals surface area contributed by atoms with Gasteiger partial charge in [-0.1, -0.05) is 79.7 Å². The van der Waals surface area contributed by atoms with Gasteiger partial charge in [-0.25, -0.2) is 0 Å². The quantitative estimate of drug-likeness (QED) is 0.182. The molecule has 0 bridgehead atoms. The number of allylic oxidation sites excluding steroid dienone is 3. The molecule has 6 heteroatoms. The van der Waals surface area contributed by atoms with Gasteiger partial charge in [-0.3, -0.25) is 4.98 Å². The number of pyridine rings is 1.